The maximum Gasteiger partial charge on any atom is 0.315 e. The Balaban J connectivity index is 1.27. The molecular formula is C36H60N10O11S. The smallest absolute Gasteiger partial charge is 0.315 e. The van der Waals surface area contributed by atoms with Crippen LogP contribution in [0.2, 0.25) is 0 Å². The maximum atomic E-state index is 12.9. The fourth-order valence-corrected chi connectivity index (χ4v) is 8.76. The van der Waals surface area contributed by atoms with Crippen molar-refractivity contribution in [2.45, 2.75) is 126 Å². The Morgan fingerprint density at radius 1 is 0.810 bits per heavy atom. The van der Waals surface area contributed by atoms with Gasteiger partial charge in [-0.1, -0.05) is 32.1 Å². The number of amides is 10. The number of fused-ring (bicyclic) bond motifs is 1. The first kappa shape index (κ1) is 47.7. The second-order valence-electron chi connectivity index (χ2n) is 15.0. The summed E-state index contributed by atoms with van der Waals surface area (Å²) in [5, 5.41) is 39.5. The highest BCUT2D eigenvalue weighted by molar-refractivity contribution is 8.00. The topological polar surface area (TPSA) is 328 Å². The number of aliphatic hydroxyl groups excluding tert-OH is 1. The molecule has 1 aliphatic carbocycles. The third-order valence-corrected chi connectivity index (χ3v) is 12.0. The van der Waals surface area contributed by atoms with E-state index in [4.69, 9.17) is 10.9 Å². The molecule has 326 valence electrons. The van der Waals surface area contributed by atoms with Crippen LogP contribution in [0.5, 0.6) is 0 Å². The molecule has 0 aromatic rings. The zero-order chi connectivity index (χ0) is 42.6. The number of nitrogens with two attached hydrogens (primary N) is 1. The van der Waals surface area contributed by atoms with E-state index in [-0.39, 0.29) is 42.8 Å². The maximum absolute atomic E-state index is 12.9. The summed E-state index contributed by atoms with van der Waals surface area (Å²) in [5.41, 5.74) is 6.96. The molecule has 7 atom stereocenters. The van der Waals surface area contributed by atoms with Crippen LogP contribution in [0, 0.1) is 11.8 Å². The summed E-state index contributed by atoms with van der Waals surface area (Å²) in [6, 6.07) is -3.49. The quantitative estimate of drug-likeness (QED) is 0.0183. The largest absolute Gasteiger partial charge is 0.394 e. The number of aliphatic hydroxyl groups is 1. The van der Waals surface area contributed by atoms with Gasteiger partial charge in [-0.25, -0.2) is 10.3 Å². The average Bonchev–Trinajstić information content (AvgIpc) is 3.94. The molecule has 0 bridgehead atoms. The van der Waals surface area contributed by atoms with Gasteiger partial charge in [-0.15, -0.1) is 0 Å². The van der Waals surface area contributed by atoms with Crippen molar-refractivity contribution in [3.8, 4) is 0 Å². The normalized spacial score (nSPS) is 20.5. The molecule has 2 heterocycles. The van der Waals surface area contributed by atoms with E-state index in [1.54, 1.807) is 0 Å². The first-order valence-electron chi connectivity index (χ1n) is 19.9. The molecule has 58 heavy (non-hydrogen) atoms. The number of hydrogen-bond acceptors (Lipinski definition) is 12. The molecule has 2 aliphatic heterocycles. The number of urea groups is 1. The van der Waals surface area contributed by atoms with Crippen LogP contribution in [0.25, 0.3) is 0 Å². The van der Waals surface area contributed by atoms with Crippen LogP contribution in [-0.2, 0) is 38.4 Å². The molecule has 1 saturated carbocycles. The molecule has 1 unspecified atom stereocenters. The lowest BCUT2D eigenvalue weighted by atomic mass is 9.90. The zero-order valence-electron chi connectivity index (χ0n) is 32.9. The molecule has 0 aromatic carbocycles. The predicted molar refractivity (Wildman–Crippen MR) is 209 cm³/mol. The average molecular weight is 841 g/mol. The Morgan fingerprint density at radius 3 is 2.22 bits per heavy atom. The lowest BCUT2D eigenvalue weighted by Gasteiger charge is -2.23. The summed E-state index contributed by atoms with van der Waals surface area (Å²) < 4.78 is 0. The monoisotopic (exact) mass is 840 g/mol. The van der Waals surface area contributed by atoms with Gasteiger partial charge in [-0.05, 0) is 51.4 Å². The predicted octanol–water partition coefficient (Wildman–Crippen LogP) is -2.73. The van der Waals surface area contributed by atoms with Gasteiger partial charge in [0.15, 0.2) is 0 Å². The van der Waals surface area contributed by atoms with E-state index in [9.17, 15) is 48.3 Å². The molecule has 3 rings (SSSR count). The number of rotatable bonds is 26. The fourth-order valence-electron chi connectivity index (χ4n) is 7.22. The summed E-state index contributed by atoms with van der Waals surface area (Å²) in [6.45, 7) is -0.271. The van der Waals surface area contributed by atoms with Crippen molar-refractivity contribution in [2.24, 2.45) is 17.6 Å². The van der Waals surface area contributed by atoms with Crippen molar-refractivity contribution in [3.05, 3.63) is 0 Å². The molecule has 3 fully saturated rings. The van der Waals surface area contributed by atoms with Gasteiger partial charge in [0, 0.05) is 36.3 Å². The van der Waals surface area contributed by atoms with Crippen LogP contribution in [0.4, 0.5) is 4.79 Å². The number of primary amides is 1. The van der Waals surface area contributed by atoms with Crippen molar-refractivity contribution < 1.29 is 53.5 Å². The highest BCUT2D eigenvalue weighted by atomic mass is 32.2. The third-order valence-electron chi connectivity index (χ3n) is 10.5. The van der Waals surface area contributed by atoms with Crippen LogP contribution in [0.15, 0.2) is 0 Å². The molecule has 13 N–H and O–H groups in total. The third kappa shape index (κ3) is 16.6. The van der Waals surface area contributed by atoms with Gasteiger partial charge >= 0.3 is 6.03 Å². The van der Waals surface area contributed by atoms with Crippen LogP contribution in [0.1, 0.15) is 90.4 Å². The van der Waals surface area contributed by atoms with Gasteiger partial charge in [0.05, 0.1) is 31.8 Å². The summed E-state index contributed by atoms with van der Waals surface area (Å²) in [7, 11) is 0. The van der Waals surface area contributed by atoms with Crippen molar-refractivity contribution in [3.63, 3.8) is 0 Å². The lowest BCUT2D eigenvalue weighted by molar-refractivity contribution is -0.137. The van der Waals surface area contributed by atoms with E-state index in [0.29, 0.717) is 37.5 Å². The molecule has 0 spiro atoms. The standard InChI is InChI=1S/C36H60N10O11S/c1-20(41-34(54)22(15-28(49)46-57)14-21-8-2-3-9-21)33(53)43-24(18-47)35(55)40-16-29(50)39-17-30(51)42-23(32(37)52)10-6-7-13-38-27(48)12-5-4-11-26-31-25(19-58-26)44-36(56)45-31/h20-26,31,47,57H,2-19H2,1H3,(H2,37,52)(H,38,48)(H,39,50)(H,40,55)(H,41,54)(H,42,51)(H,43,53)(H,46,49)(H2,44,45,56)/t20-,22?,23-,24-,25-,26-,31-/m0/s1. The van der Waals surface area contributed by atoms with Gasteiger partial charge in [0.1, 0.15) is 18.1 Å². The summed E-state index contributed by atoms with van der Waals surface area (Å²) in [5.74, 6) is -5.10. The van der Waals surface area contributed by atoms with Crippen LogP contribution < -0.4 is 53.7 Å². The van der Waals surface area contributed by atoms with Gasteiger partial charge in [0.25, 0.3) is 0 Å². The Bertz CT molecular complexity index is 1470. The Morgan fingerprint density at radius 2 is 1.53 bits per heavy atom. The molecule has 0 radical (unpaired) electrons. The van der Waals surface area contributed by atoms with E-state index in [0.717, 1.165) is 50.7 Å². The van der Waals surface area contributed by atoms with Crippen LogP contribution in [0.3, 0.4) is 0 Å². The minimum atomic E-state index is -1.49. The molecule has 10 amide bonds. The molecular weight excluding hydrogens is 781 g/mol. The van der Waals surface area contributed by atoms with Gasteiger partial charge in [-0.3, -0.25) is 43.6 Å². The first-order valence-corrected chi connectivity index (χ1v) is 21.0. The number of hydrogen-bond donors (Lipinski definition) is 12. The van der Waals surface area contributed by atoms with E-state index < -0.39 is 85.1 Å². The van der Waals surface area contributed by atoms with Crippen molar-refractivity contribution in [1.82, 2.24) is 48.0 Å². The highest BCUT2D eigenvalue weighted by Crippen LogP contribution is 2.33. The first-order chi connectivity index (χ1) is 27.7. The van der Waals surface area contributed by atoms with Crippen molar-refractivity contribution >= 4 is 65.1 Å². The zero-order valence-corrected chi connectivity index (χ0v) is 33.7. The molecule has 21 nitrogen and oxygen atoms in total. The Kier molecular flexibility index (Phi) is 20.5. The summed E-state index contributed by atoms with van der Waals surface area (Å²) >= 11 is 1.83. The number of thioether (sulfide) groups is 1. The second kappa shape index (κ2) is 24.9. The minimum Gasteiger partial charge on any atom is -0.394 e. The van der Waals surface area contributed by atoms with Gasteiger partial charge < -0.3 is 53.4 Å². The second-order valence-corrected chi connectivity index (χ2v) is 16.3. The number of hydroxylamine groups is 1. The number of unbranched alkanes of at least 4 members (excludes halogenated alkanes) is 2. The van der Waals surface area contributed by atoms with E-state index in [1.807, 2.05) is 11.8 Å². The van der Waals surface area contributed by atoms with E-state index >= 15 is 0 Å². The van der Waals surface area contributed by atoms with Crippen LogP contribution in [-0.4, -0.2) is 131 Å². The summed E-state index contributed by atoms with van der Waals surface area (Å²) in [6.07, 6.45) is 8.05. The van der Waals surface area contributed by atoms with Crippen molar-refractivity contribution in [1.29, 1.82) is 0 Å². The lowest BCUT2D eigenvalue weighted by Crippen LogP contribution is -2.55. The summed E-state index contributed by atoms with van der Waals surface area (Å²) in [4.78, 5) is 111. The Labute approximate surface area is 341 Å². The van der Waals surface area contributed by atoms with Crippen molar-refractivity contribution in [2.75, 3.05) is 32.0 Å². The van der Waals surface area contributed by atoms with Crippen LogP contribution >= 0.6 is 11.8 Å². The van der Waals surface area contributed by atoms with Gasteiger partial charge in [-0.2, -0.15) is 11.8 Å². The Hall–Kier alpha value is -4.70. The number of nitrogens with one attached hydrogen (secondary N) is 9. The molecule has 0 aromatic heterocycles. The number of carbonyl (C=O) groups excluding carboxylic acids is 9. The van der Waals surface area contributed by atoms with E-state index in [1.165, 1.54) is 12.4 Å². The molecule has 2 saturated heterocycles. The fraction of sp³-hybridized carbons (Fsp3) is 0.750. The molecule has 22 heteroatoms. The number of carbonyl (C=O) groups is 9. The van der Waals surface area contributed by atoms with E-state index in [2.05, 4.69) is 42.5 Å². The molecule has 3 aliphatic rings. The highest BCUT2D eigenvalue weighted by Gasteiger charge is 2.42. The minimum absolute atomic E-state index is 0.0843. The van der Waals surface area contributed by atoms with Gasteiger partial charge in [0.2, 0.25) is 47.3 Å². The SMILES string of the molecule is C[C@H](NC(=O)C(CC(=O)NO)CC1CCCC1)C(=O)N[C@@H](CO)C(=O)NCC(=O)NCC(=O)N[C@@H](CCCCNC(=O)CCCC[C@@H]1SC[C@@H]2NC(=O)N[C@@H]21)C(N)=O.